The van der Waals surface area contributed by atoms with E-state index in [1.807, 2.05) is 6.07 Å². The first-order valence-electron chi connectivity index (χ1n) is 3.25. The van der Waals surface area contributed by atoms with Crippen LogP contribution in [0.1, 0.15) is 5.56 Å². The highest BCUT2D eigenvalue weighted by Crippen LogP contribution is 2.24. The Balaban J connectivity index is 3.08. The first kappa shape index (κ1) is 11.5. The second kappa shape index (κ2) is 4.29. The Labute approximate surface area is 98.0 Å². The number of hydrogen-bond donors (Lipinski definition) is 0. The van der Waals surface area contributed by atoms with Gasteiger partial charge in [-0.15, -0.1) is 0 Å². The molecule has 0 radical (unpaired) electrons. The first-order valence-corrected chi connectivity index (χ1v) is 7.31. The summed E-state index contributed by atoms with van der Waals surface area (Å²) in [6.07, 6.45) is 0. The molecule has 1 aromatic rings. The molecule has 0 bridgehead atoms. The molecule has 0 fully saturated rings. The second-order valence-electron chi connectivity index (χ2n) is 2.42. The highest BCUT2D eigenvalue weighted by molar-refractivity contribution is 9.11. The molecule has 0 saturated heterocycles. The second-order valence-corrected chi connectivity index (χ2v) is 6.97. The molecule has 0 unspecified atom stereocenters. The third kappa shape index (κ3) is 3.97. The summed E-state index contributed by atoms with van der Waals surface area (Å²) in [5.41, 5.74) is 0.643. The molecule has 0 amide bonds. The van der Waals surface area contributed by atoms with Crippen molar-refractivity contribution in [2.45, 2.75) is 5.75 Å². The molecule has 2 nitrogen and oxygen atoms in total. The average Bonchev–Trinajstić information content (AvgIpc) is 1.94. The molecular formula is C7H5Br2ClO2S. The molecule has 6 heteroatoms. The molecular weight excluding hydrogens is 343 g/mol. The molecule has 0 atom stereocenters. The van der Waals surface area contributed by atoms with Crippen LogP contribution in [0.5, 0.6) is 0 Å². The maximum absolute atomic E-state index is 10.8. The monoisotopic (exact) mass is 346 g/mol. The molecule has 0 saturated carbocycles. The molecule has 72 valence electrons. The van der Waals surface area contributed by atoms with Gasteiger partial charge in [0.2, 0.25) is 9.05 Å². The third-order valence-corrected chi connectivity index (χ3v) is 3.59. The number of halogens is 3. The van der Waals surface area contributed by atoms with Crippen molar-refractivity contribution < 1.29 is 8.42 Å². The normalized spacial score (nSPS) is 11.6. The summed E-state index contributed by atoms with van der Waals surface area (Å²) in [4.78, 5) is 0. The number of benzene rings is 1. The van der Waals surface area contributed by atoms with Gasteiger partial charge < -0.3 is 0 Å². The Kier molecular flexibility index (Phi) is 3.80. The summed E-state index contributed by atoms with van der Waals surface area (Å²) in [5, 5.41) is 0. The number of hydrogen-bond acceptors (Lipinski definition) is 2. The Morgan fingerprint density at radius 2 is 1.92 bits per heavy atom. The predicted molar refractivity (Wildman–Crippen MR) is 60.3 cm³/mol. The lowest BCUT2D eigenvalue weighted by molar-refractivity contribution is 0.609. The zero-order valence-corrected chi connectivity index (χ0v) is 11.0. The van der Waals surface area contributed by atoms with Gasteiger partial charge in [0.15, 0.2) is 0 Å². The fourth-order valence-corrected chi connectivity index (χ4v) is 2.78. The molecule has 1 aromatic carbocycles. The van der Waals surface area contributed by atoms with Crippen LogP contribution in [0.25, 0.3) is 0 Å². The fraction of sp³-hybridized carbons (Fsp3) is 0.143. The molecule has 0 N–H and O–H groups in total. The Morgan fingerprint density at radius 1 is 1.31 bits per heavy atom. The van der Waals surface area contributed by atoms with E-state index in [0.717, 1.165) is 8.95 Å². The molecule has 0 heterocycles. The van der Waals surface area contributed by atoms with Crippen LogP contribution < -0.4 is 0 Å². The van der Waals surface area contributed by atoms with Gasteiger partial charge in [-0.3, -0.25) is 0 Å². The van der Waals surface area contributed by atoms with Gasteiger partial charge in [-0.25, -0.2) is 8.42 Å². The smallest absolute Gasteiger partial charge is 0.212 e. The van der Waals surface area contributed by atoms with Crippen molar-refractivity contribution in [3.8, 4) is 0 Å². The summed E-state index contributed by atoms with van der Waals surface area (Å²) in [6.45, 7) is 0. The van der Waals surface area contributed by atoms with Crippen LogP contribution in [0.15, 0.2) is 27.1 Å². The maximum Gasteiger partial charge on any atom is 0.236 e. The summed E-state index contributed by atoms with van der Waals surface area (Å²) in [7, 11) is 1.63. The summed E-state index contributed by atoms with van der Waals surface area (Å²) < 4.78 is 23.1. The molecule has 0 aliphatic carbocycles. The van der Waals surface area contributed by atoms with Gasteiger partial charge in [-0.2, -0.15) is 0 Å². The van der Waals surface area contributed by atoms with E-state index in [0.29, 0.717) is 5.56 Å². The zero-order valence-electron chi connectivity index (χ0n) is 6.30. The lowest BCUT2D eigenvalue weighted by Gasteiger charge is -2.01. The Bertz CT molecular complexity index is 417. The van der Waals surface area contributed by atoms with Crippen LogP contribution in [0.4, 0.5) is 0 Å². The standard InChI is InChI=1S/C7H5Br2ClO2S/c8-6-1-2-7(9)5(3-6)4-13(10,11)12/h1-3H,4H2. The van der Waals surface area contributed by atoms with Gasteiger partial charge in [-0.05, 0) is 23.8 Å². The third-order valence-electron chi connectivity index (χ3n) is 1.34. The molecule has 13 heavy (non-hydrogen) atoms. The quantitative estimate of drug-likeness (QED) is 0.769. The number of rotatable bonds is 2. The van der Waals surface area contributed by atoms with Crippen LogP contribution in [-0.2, 0) is 14.8 Å². The van der Waals surface area contributed by atoms with E-state index in [1.165, 1.54) is 0 Å². The van der Waals surface area contributed by atoms with E-state index in [1.54, 1.807) is 12.1 Å². The van der Waals surface area contributed by atoms with Gasteiger partial charge in [-0.1, -0.05) is 31.9 Å². The first-order chi connectivity index (χ1) is 5.88. The average molecular weight is 348 g/mol. The van der Waals surface area contributed by atoms with E-state index in [2.05, 4.69) is 31.9 Å². The molecule has 0 aromatic heterocycles. The fourth-order valence-electron chi connectivity index (χ4n) is 0.840. The van der Waals surface area contributed by atoms with Crippen LogP contribution in [0.2, 0.25) is 0 Å². The van der Waals surface area contributed by atoms with Gasteiger partial charge in [0, 0.05) is 19.6 Å². The summed E-state index contributed by atoms with van der Waals surface area (Å²) in [6, 6.07) is 5.29. The van der Waals surface area contributed by atoms with Crippen LogP contribution >= 0.6 is 42.5 Å². The summed E-state index contributed by atoms with van der Waals surface area (Å²) in [5.74, 6) is -0.172. The molecule has 0 spiro atoms. The van der Waals surface area contributed by atoms with Crippen LogP contribution in [-0.4, -0.2) is 8.42 Å². The highest BCUT2D eigenvalue weighted by Gasteiger charge is 2.10. The van der Waals surface area contributed by atoms with Crippen molar-refractivity contribution in [1.29, 1.82) is 0 Å². The SMILES string of the molecule is O=S(=O)(Cl)Cc1cc(Br)ccc1Br. The van der Waals surface area contributed by atoms with Crippen LogP contribution in [0, 0.1) is 0 Å². The lowest BCUT2D eigenvalue weighted by Crippen LogP contribution is -1.95. The van der Waals surface area contributed by atoms with E-state index in [9.17, 15) is 8.42 Å². The molecule has 0 aliphatic heterocycles. The van der Waals surface area contributed by atoms with Crippen LogP contribution in [0.3, 0.4) is 0 Å². The highest BCUT2D eigenvalue weighted by atomic mass is 79.9. The minimum absolute atomic E-state index is 0.172. The van der Waals surface area contributed by atoms with E-state index in [4.69, 9.17) is 10.7 Å². The van der Waals surface area contributed by atoms with Crippen molar-refractivity contribution in [1.82, 2.24) is 0 Å². The largest absolute Gasteiger partial charge is 0.236 e. The topological polar surface area (TPSA) is 34.1 Å². The molecule has 0 aliphatic rings. The maximum atomic E-state index is 10.8. The van der Waals surface area contributed by atoms with Gasteiger partial charge in [0.25, 0.3) is 0 Å². The van der Waals surface area contributed by atoms with Crippen molar-refractivity contribution in [2.75, 3.05) is 0 Å². The van der Waals surface area contributed by atoms with E-state index in [-0.39, 0.29) is 5.75 Å². The lowest BCUT2D eigenvalue weighted by atomic mass is 10.2. The van der Waals surface area contributed by atoms with Gasteiger partial charge >= 0.3 is 0 Å². The molecule has 1 rings (SSSR count). The zero-order chi connectivity index (χ0) is 10.1. The predicted octanol–water partition coefficient (Wildman–Crippen LogP) is 3.28. The van der Waals surface area contributed by atoms with Gasteiger partial charge in [0.1, 0.15) is 0 Å². The summed E-state index contributed by atoms with van der Waals surface area (Å²) >= 11 is 6.48. The Morgan fingerprint density at radius 3 is 2.46 bits per heavy atom. The minimum Gasteiger partial charge on any atom is -0.212 e. The van der Waals surface area contributed by atoms with E-state index >= 15 is 0 Å². The van der Waals surface area contributed by atoms with E-state index < -0.39 is 9.05 Å². The van der Waals surface area contributed by atoms with Crippen molar-refractivity contribution in [2.24, 2.45) is 0 Å². The van der Waals surface area contributed by atoms with Crippen molar-refractivity contribution in [3.63, 3.8) is 0 Å². The van der Waals surface area contributed by atoms with Crippen molar-refractivity contribution in [3.05, 3.63) is 32.7 Å². The van der Waals surface area contributed by atoms with Crippen molar-refractivity contribution >= 4 is 51.6 Å². The minimum atomic E-state index is -3.50. The Hall–Kier alpha value is 0.420. The van der Waals surface area contributed by atoms with Gasteiger partial charge in [0.05, 0.1) is 5.75 Å².